The average molecular weight is 237 g/mol. The van der Waals surface area contributed by atoms with Crippen molar-refractivity contribution in [1.29, 1.82) is 0 Å². The first-order valence-electron chi connectivity index (χ1n) is 5.16. The van der Waals surface area contributed by atoms with Gasteiger partial charge >= 0.3 is 0 Å². The molecule has 0 spiro atoms. The molecule has 1 aromatic heterocycles. The normalized spacial score (nSPS) is 10.1. The van der Waals surface area contributed by atoms with Crippen molar-refractivity contribution in [3.63, 3.8) is 0 Å². The van der Waals surface area contributed by atoms with Crippen LogP contribution in [0.4, 0.5) is 5.82 Å². The van der Waals surface area contributed by atoms with Gasteiger partial charge in [0.05, 0.1) is 0 Å². The largest absolute Gasteiger partial charge is 0.382 e. The smallest absolute Gasteiger partial charge is 0.292 e. The Morgan fingerprint density at radius 1 is 1.29 bits per heavy atom. The van der Waals surface area contributed by atoms with E-state index in [0.29, 0.717) is 6.42 Å². The highest BCUT2D eigenvalue weighted by atomic mass is 16.2. The van der Waals surface area contributed by atoms with Crippen LogP contribution in [0.1, 0.15) is 30.8 Å². The van der Waals surface area contributed by atoms with E-state index < -0.39 is 5.91 Å². The first-order chi connectivity index (χ1) is 8.00. The van der Waals surface area contributed by atoms with E-state index in [1.54, 1.807) is 0 Å². The molecule has 17 heavy (non-hydrogen) atoms. The molecule has 2 amide bonds. The van der Waals surface area contributed by atoms with Gasteiger partial charge in [0.15, 0.2) is 11.5 Å². The maximum absolute atomic E-state index is 11.5. The van der Waals surface area contributed by atoms with Crippen molar-refractivity contribution in [2.24, 2.45) is 5.92 Å². The molecule has 4 N–H and O–H groups in total. The molecule has 0 saturated carbocycles. The fraction of sp³-hybridized carbons (Fsp3) is 0.400. The Morgan fingerprint density at radius 3 is 2.53 bits per heavy atom. The Morgan fingerprint density at radius 2 is 1.94 bits per heavy atom. The molecule has 1 heterocycles. The standard InChI is InChI=1S/C10H15N5O2/c1-6(2)5-7(16)14-15-10(17)8-9(11)13-4-3-12-8/h3-4,6H,5H2,1-2H3,(H2,11,13)(H,14,16)(H,15,17). The first-order valence-corrected chi connectivity index (χ1v) is 5.16. The van der Waals surface area contributed by atoms with E-state index in [1.807, 2.05) is 13.8 Å². The third-order valence-electron chi connectivity index (χ3n) is 1.85. The van der Waals surface area contributed by atoms with Gasteiger partial charge in [0, 0.05) is 18.8 Å². The van der Waals surface area contributed by atoms with Crippen LogP contribution >= 0.6 is 0 Å². The number of carbonyl (C=O) groups excluding carboxylic acids is 2. The van der Waals surface area contributed by atoms with E-state index in [2.05, 4.69) is 20.8 Å². The minimum Gasteiger partial charge on any atom is -0.382 e. The molecule has 1 aromatic rings. The van der Waals surface area contributed by atoms with Crippen LogP contribution in [0.2, 0.25) is 0 Å². The summed E-state index contributed by atoms with van der Waals surface area (Å²) >= 11 is 0. The molecule has 0 aliphatic heterocycles. The molecule has 0 aliphatic carbocycles. The molecule has 0 bridgehead atoms. The van der Waals surface area contributed by atoms with Crippen molar-refractivity contribution in [1.82, 2.24) is 20.8 Å². The Kier molecular flexibility index (Phi) is 4.38. The van der Waals surface area contributed by atoms with Crippen LogP contribution in [0.25, 0.3) is 0 Å². The lowest BCUT2D eigenvalue weighted by Gasteiger charge is -2.08. The number of hydrogen-bond acceptors (Lipinski definition) is 5. The monoisotopic (exact) mass is 237 g/mol. The fourth-order valence-electron chi connectivity index (χ4n) is 1.13. The molecule has 92 valence electrons. The van der Waals surface area contributed by atoms with Crippen LogP contribution in [0, 0.1) is 5.92 Å². The minimum absolute atomic E-state index is 0.0163. The number of anilines is 1. The van der Waals surface area contributed by atoms with Gasteiger partial charge in [0.1, 0.15) is 0 Å². The highest BCUT2D eigenvalue weighted by Gasteiger charge is 2.12. The zero-order chi connectivity index (χ0) is 12.8. The molecular formula is C10H15N5O2. The van der Waals surface area contributed by atoms with Crippen molar-refractivity contribution in [3.8, 4) is 0 Å². The van der Waals surface area contributed by atoms with E-state index in [-0.39, 0.29) is 23.3 Å². The van der Waals surface area contributed by atoms with Crippen molar-refractivity contribution >= 4 is 17.6 Å². The molecule has 0 fully saturated rings. The summed E-state index contributed by atoms with van der Waals surface area (Å²) in [5.74, 6) is -0.625. The van der Waals surface area contributed by atoms with Crippen molar-refractivity contribution < 1.29 is 9.59 Å². The van der Waals surface area contributed by atoms with Crippen molar-refractivity contribution in [3.05, 3.63) is 18.1 Å². The fourth-order valence-corrected chi connectivity index (χ4v) is 1.13. The van der Waals surface area contributed by atoms with Crippen LogP contribution in [-0.4, -0.2) is 21.8 Å². The highest BCUT2D eigenvalue weighted by Crippen LogP contribution is 2.01. The summed E-state index contributed by atoms with van der Waals surface area (Å²) in [6.45, 7) is 3.81. The van der Waals surface area contributed by atoms with Gasteiger partial charge in [0.25, 0.3) is 5.91 Å². The van der Waals surface area contributed by atoms with E-state index in [9.17, 15) is 9.59 Å². The first kappa shape index (κ1) is 12.9. The molecule has 7 nitrogen and oxygen atoms in total. The van der Waals surface area contributed by atoms with Gasteiger partial charge in [-0.05, 0) is 5.92 Å². The average Bonchev–Trinajstić information content (AvgIpc) is 2.25. The van der Waals surface area contributed by atoms with Gasteiger partial charge in [-0.25, -0.2) is 9.97 Å². The van der Waals surface area contributed by atoms with Gasteiger partial charge < -0.3 is 5.73 Å². The van der Waals surface area contributed by atoms with Crippen molar-refractivity contribution in [2.75, 3.05) is 5.73 Å². The lowest BCUT2D eigenvalue weighted by atomic mass is 10.1. The molecule has 0 aliphatic rings. The lowest BCUT2D eigenvalue weighted by molar-refractivity contribution is -0.122. The summed E-state index contributed by atoms with van der Waals surface area (Å²) in [5.41, 5.74) is 9.95. The molecule has 1 rings (SSSR count). The number of nitrogens with zero attached hydrogens (tertiary/aromatic N) is 2. The molecule has 0 aromatic carbocycles. The zero-order valence-electron chi connectivity index (χ0n) is 9.73. The molecule has 0 radical (unpaired) electrons. The maximum Gasteiger partial charge on any atom is 0.292 e. The van der Waals surface area contributed by atoms with E-state index >= 15 is 0 Å². The second-order valence-corrected chi connectivity index (χ2v) is 3.89. The molecular weight excluding hydrogens is 222 g/mol. The second kappa shape index (κ2) is 5.78. The predicted octanol–water partition coefficient (Wildman–Crippen LogP) is -0.134. The van der Waals surface area contributed by atoms with Crippen LogP contribution in [0.15, 0.2) is 12.4 Å². The predicted molar refractivity (Wildman–Crippen MR) is 61.5 cm³/mol. The third kappa shape index (κ3) is 4.06. The molecule has 7 heteroatoms. The number of carbonyl (C=O) groups is 2. The summed E-state index contributed by atoms with van der Waals surface area (Å²) in [6.07, 6.45) is 3.06. The van der Waals surface area contributed by atoms with Gasteiger partial charge in [0.2, 0.25) is 5.91 Å². The van der Waals surface area contributed by atoms with E-state index in [1.165, 1.54) is 12.4 Å². The Hall–Kier alpha value is -2.18. The lowest BCUT2D eigenvalue weighted by Crippen LogP contribution is -2.42. The quantitative estimate of drug-likeness (QED) is 0.634. The van der Waals surface area contributed by atoms with Crippen LogP contribution in [0.3, 0.4) is 0 Å². The van der Waals surface area contributed by atoms with E-state index in [0.717, 1.165) is 0 Å². The van der Waals surface area contributed by atoms with Gasteiger partial charge in [-0.3, -0.25) is 20.4 Å². The van der Waals surface area contributed by atoms with Crippen molar-refractivity contribution in [2.45, 2.75) is 20.3 Å². The summed E-state index contributed by atoms with van der Waals surface area (Å²) in [7, 11) is 0. The van der Waals surface area contributed by atoms with Gasteiger partial charge in [-0.2, -0.15) is 0 Å². The SMILES string of the molecule is CC(C)CC(=O)NNC(=O)c1nccnc1N. The molecule has 0 unspecified atom stereocenters. The van der Waals surface area contributed by atoms with Crippen LogP contribution in [-0.2, 0) is 4.79 Å². The van der Waals surface area contributed by atoms with Gasteiger partial charge in [-0.15, -0.1) is 0 Å². The number of amides is 2. The summed E-state index contributed by atoms with van der Waals surface area (Å²) < 4.78 is 0. The number of nitrogens with one attached hydrogen (secondary N) is 2. The van der Waals surface area contributed by atoms with Crippen LogP contribution in [0.5, 0.6) is 0 Å². The summed E-state index contributed by atoms with van der Waals surface area (Å²) in [5, 5.41) is 0. The zero-order valence-corrected chi connectivity index (χ0v) is 9.73. The number of nitrogens with two attached hydrogens (primary N) is 1. The molecule has 0 saturated heterocycles. The Bertz CT molecular complexity index is 419. The summed E-state index contributed by atoms with van der Waals surface area (Å²) in [6, 6.07) is 0. The number of hydrogen-bond donors (Lipinski definition) is 3. The van der Waals surface area contributed by atoms with E-state index in [4.69, 9.17) is 5.73 Å². The summed E-state index contributed by atoms with van der Waals surface area (Å²) in [4.78, 5) is 30.3. The number of aromatic nitrogens is 2. The number of nitrogen functional groups attached to an aromatic ring is 1. The highest BCUT2D eigenvalue weighted by molar-refractivity contribution is 5.97. The second-order valence-electron chi connectivity index (χ2n) is 3.89. The Labute approximate surface area is 98.8 Å². The third-order valence-corrected chi connectivity index (χ3v) is 1.85. The molecule has 0 atom stereocenters. The number of rotatable bonds is 3. The Balaban J connectivity index is 2.51. The van der Waals surface area contributed by atoms with Gasteiger partial charge in [-0.1, -0.05) is 13.8 Å². The van der Waals surface area contributed by atoms with Crippen LogP contribution < -0.4 is 16.6 Å². The maximum atomic E-state index is 11.5. The minimum atomic E-state index is -0.590. The number of hydrazine groups is 1. The topological polar surface area (TPSA) is 110 Å².